The first-order valence-electron chi connectivity index (χ1n) is 8.63. The fraction of sp³-hybridized carbons (Fsp3) is 0.526. The number of hydrogen-bond acceptors (Lipinski definition) is 4. The Morgan fingerprint density at radius 3 is 2.79 bits per heavy atom. The summed E-state index contributed by atoms with van der Waals surface area (Å²) in [6, 6.07) is 8.46. The maximum atomic E-state index is 9.16. The highest BCUT2D eigenvalue weighted by molar-refractivity contribution is 5.29. The minimum Gasteiger partial charge on any atom is -0.394 e. The van der Waals surface area contributed by atoms with E-state index in [1.165, 1.54) is 16.7 Å². The normalized spacial score (nSPS) is 18.9. The molecule has 0 aliphatic carbocycles. The van der Waals surface area contributed by atoms with Gasteiger partial charge in [0.05, 0.1) is 31.6 Å². The van der Waals surface area contributed by atoms with Gasteiger partial charge in [0.2, 0.25) is 0 Å². The quantitative estimate of drug-likeness (QED) is 0.915. The first kappa shape index (κ1) is 17.1. The third-order valence-corrected chi connectivity index (χ3v) is 4.91. The second kappa shape index (κ2) is 7.47. The summed E-state index contributed by atoms with van der Waals surface area (Å²) in [5.74, 6) is 0. The highest BCUT2D eigenvalue weighted by Gasteiger charge is 2.24. The molecule has 1 aliphatic rings. The van der Waals surface area contributed by atoms with Crippen molar-refractivity contribution in [2.24, 2.45) is 0 Å². The fourth-order valence-corrected chi connectivity index (χ4v) is 3.48. The molecule has 0 bridgehead atoms. The highest BCUT2D eigenvalue weighted by atomic mass is 16.5. The van der Waals surface area contributed by atoms with E-state index >= 15 is 0 Å². The Morgan fingerprint density at radius 1 is 1.25 bits per heavy atom. The molecule has 0 radical (unpaired) electrons. The number of aliphatic hydroxyl groups excluding tert-OH is 1. The van der Waals surface area contributed by atoms with Gasteiger partial charge in [-0.2, -0.15) is 5.10 Å². The standard InChI is InChI=1S/C19H27N3O2/c1-14-6-4-5-7-17(14)19-13-21(9-11-24-19)12-18-15(2)20-22(8-10-23)16(18)3/h4-7,19,23H,8-13H2,1-3H3. The van der Waals surface area contributed by atoms with Gasteiger partial charge in [0.25, 0.3) is 0 Å². The van der Waals surface area contributed by atoms with Crippen molar-refractivity contribution in [3.63, 3.8) is 0 Å². The van der Waals surface area contributed by atoms with Crippen LogP contribution in [0.1, 0.15) is 34.2 Å². The van der Waals surface area contributed by atoms with Gasteiger partial charge in [-0.15, -0.1) is 0 Å². The molecule has 130 valence electrons. The van der Waals surface area contributed by atoms with E-state index < -0.39 is 0 Å². The summed E-state index contributed by atoms with van der Waals surface area (Å²) in [5, 5.41) is 13.7. The maximum Gasteiger partial charge on any atom is 0.0955 e. The van der Waals surface area contributed by atoms with E-state index in [2.05, 4.69) is 55.0 Å². The molecule has 0 saturated carbocycles. The van der Waals surface area contributed by atoms with Crippen LogP contribution in [0, 0.1) is 20.8 Å². The zero-order valence-electron chi connectivity index (χ0n) is 14.8. The van der Waals surface area contributed by atoms with Crippen LogP contribution >= 0.6 is 0 Å². The lowest BCUT2D eigenvalue weighted by atomic mass is 10.0. The summed E-state index contributed by atoms with van der Waals surface area (Å²) in [5.41, 5.74) is 6.05. The second-order valence-electron chi connectivity index (χ2n) is 6.55. The smallest absolute Gasteiger partial charge is 0.0955 e. The van der Waals surface area contributed by atoms with Crippen LogP contribution < -0.4 is 0 Å². The van der Waals surface area contributed by atoms with Crippen LogP contribution in [-0.2, 0) is 17.8 Å². The highest BCUT2D eigenvalue weighted by Crippen LogP contribution is 2.26. The Bertz CT molecular complexity index is 696. The van der Waals surface area contributed by atoms with Crippen LogP contribution in [0.5, 0.6) is 0 Å². The predicted molar refractivity (Wildman–Crippen MR) is 93.9 cm³/mol. The zero-order chi connectivity index (χ0) is 17.1. The van der Waals surface area contributed by atoms with Gasteiger partial charge < -0.3 is 9.84 Å². The van der Waals surface area contributed by atoms with Crippen LogP contribution in [0.25, 0.3) is 0 Å². The first-order chi connectivity index (χ1) is 11.6. The number of rotatable bonds is 5. The zero-order valence-corrected chi connectivity index (χ0v) is 14.8. The number of aromatic nitrogens is 2. The van der Waals surface area contributed by atoms with Crippen molar-refractivity contribution < 1.29 is 9.84 Å². The van der Waals surface area contributed by atoms with Crippen molar-refractivity contribution in [3.05, 3.63) is 52.3 Å². The molecule has 1 saturated heterocycles. The Hall–Kier alpha value is -1.69. The largest absolute Gasteiger partial charge is 0.394 e. The van der Waals surface area contributed by atoms with Crippen molar-refractivity contribution in [2.45, 2.75) is 40.0 Å². The van der Waals surface area contributed by atoms with Gasteiger partial charge >= 0.3 is 0 Å². The first-order valence-corrected chi connectivity index (χ1v) is 8.63. The second-order valence-corrected chi connectivity index (χ2v) is 6.55. The average Bonchev–Trinajstić information content (AvgIpc) is 2.84. The molecule has 24 heavy (non-hydrogen) atoms. The molecule has 1 aromatic carbocycles. The van der Waals surface area contributed by atoms with E-state index in [4.69, 9.17) is 9.84 Å². The van der Waals surface area contributed by atoms with Crippen LogP contribution in [-0.4, -0.2) is 46.1 Å². The molecule has 2 heterocycles. The van der Waals surface area contributed by atoms with E-state index in [1.54, 1.807) is 0 Å². The van der Waals surface area contributed by atoms with Gasteiger partial charge in [-0.25, -0.2) is 0 Å². The average molecular weight is 329 g/mol. The molecular weight excluding hydrogens is 302 g/mol. The van der Waals surface area contributed by atoms with E-state index in [9.17, 15) is 0 Å². The molecule has 1 unspecified atom stereocenters. The van der Waals surface area contributed by atoms with Crippen molar-refractivity contribution >= 4 is 0 Å². The molecule has 1 fully saturated rings. The SMILES string of the molecule is Cc1ccccc1C1CN(Cc2c(C)nn(CCO)c2C)CCO1. The van der Waals surface area contributed by atoms with E-state index in [1.807, 2.05) is 4.68 Å². The fourth-order valence-electron chi connectivity index (χ4n) is 3.48. The summed E-state index contributed by atoms with van der Waals surface area (Å²) in [7, 11) is 0. The Kier molecular flexibility index (Phi) is 5.33. The van der Waals surface area contributed by atoms with Gasteiger partial charge in [0.15, 0.2) is 0 Å². The van der Waals surface area contributed by atoms with Crippen LogP contribution in [0.15, 0.2) is 24.3 Å². The van der Waals surface area contributed by atoms with Crippen LogP contribution in [0.3, 0.4) is 0 Å². The number of morpholine rings is 1. The summed E-state index contributed by atoms with van der Waals surface area (Å²) in [6.07, 6.45) is 0.132. The minimum atomic E-state index is 0.119. The Labute approximate surface area is 143 Å². The molecule has 1 N–H and O–H groups in total. The van der Waals surface area contributed by atoms with Crippen molar-refractivity contribution in [1.82, 2.24) is 14.7 Å². The molecule has 1 aromatic heterocycles. The molecule has 5 nitrogen and oxygen atoms in total. The molecule has 0 amide bonds. The van der Waals surface area contributed by atoms with Crippen molar-refractivity contribution in [1.29, 1.82) is 0 Å². The number of ether oxygens (including phenoxy) is 1. The monoisotopic (exact) mass is 329 g/mol. The maximum absolute atomic E-state index is 9.16. The lowest BCUT2D eigenvalue weighted by Crippen LogP contribution is -2.38. The number of hydrogen-bond donors (Lipinski definition) is 1. The summed E-state index contributed by atoms with van der Waals surface area (Å²) < 4.78 is 7.93. The van der Waals surface area contributed by atoms with Crippen molar-refractivity contribution in [2.75, 3.05) is 26.3 Å². The lowest BCUT2D eigenvalue weighted by Gasteiger charge is -2.33. The molecular formula is C19H27N3O2. The number of benzene rings is 1. The van der Waals surface area contributed by atoms with E-state index in [0.29, 0.717) is 6.54 Å². The lowest BCUT2D eigenvalue weighted by molar-refractivity contribution is -0.0333. The van der Waals surface area contributed by atoms with Gasteiger partial charge in [-0.3, -0.25) is 9.58 Å². The summed E-state index contributed by atoms with van der Waals surface area (Å²) >= 11 is 0. The summed E-state index contributed by atoms with van der Waals surface area (Å²) in [6.45, 7) is 10.4. The molecule has 1 atom stereocenters. The van der Waals surface area contributed by atoms with Gasteiger partial charge in [0.1, 0.15) is 0 Å². The predicted octanol–water partition coefficient (Wildman–Crippen LogP) is 2.37. The summed E-state index contributed by atoms with van der Waals surface area (Å²) in [4.78, 5) is 2.45. The molecule has 0 spiro atoms. The number of aryl methyl sites for hydroxylation is 2. The molecule has 2 aromatic rings. The van der Waals surface area contributed by atoms with Crippen molar-refractivity contribution in [3.8, 4) is 0 Å². The molecule has 5 heteroatoms. The Morgan fingerprint density at radius 2 is 2.04 bits per heavy atom. The number of nitrogens with zero attached hydrogens (tertiary/aromatic N) is 3. The molecule has 3 rings (SSSR count). The van der Waals surface area contributed by atoms with E-state index in [0.717, 1.165) is 37.6 Å². The van der Waals surface area contributed by atoms with Crippen LogP contribution in [0.2, 0.25) is 0 Å². The third-order valence-electron chi connectivity index (χ3n) is 4.91. The third kappa shape index (κ3) is 3.53. The van der Waals surface area contributed by atoms with Gasteiger partial charge in [-0.1, -0.05) is 24.3 Å². The van der Waals surface area contributed by atoms with Gasteiger partial charge in [0, 0.05) is 30.9 Å². The van der Waals surface area contributed by atoms with Crippen LogP contribution in [0.4, 0.5) is 0 Å². The number of aliphatic hydroxyl groups is 1. The topological polar surface area (TPSA) is 50.5 Å². The van der Waals surface area contributed by atoms with Gasteiger partial charge in [-0.05, 0) is 31.9 Å². The minimum absolute atomic E-state index is 0.119. The van der Waals surface area contributed by atoms with E-state index in [-0.39, 0.29) is 12.7 Å². The Balaban J connectivity index is 1.73. The molecule has 1 aliphatic heterocycles.